The molecule has 0 saturated carbocycles. The highest BCUT2D eigenvalue weighted by Crippen LogP contribution is 2.26. The Balaban J connectivity index is 2.73. The van der Waals surface area contributed by atoms with Crippen molar-refractivity contribution in [1.29, 1.82) is 0 Å². The van der Waals surface area contributed by atoms with Crippen LogP contribution >= 0.6 is 0 Å². The summed E-state index contributed by atoms with van der Waals surface area (Å²) in [4.78, 5) is 0. The summed E-state index contributed by atoms with van der Waals surface area (Å²) < 4.78 is 2.33. The molecular formula is C16H22N2. The van der Waals surface area contributed by atoms with Gasteiger partial charge < -0.3 is 10.3 Å². The van der Waals surface area contributed by atoms with Gasteiger partial charge in [0.1, 0.15) is 0 Å². The lowest BCUT2D eigenvalue weighted by atomic mass is 10.0. The molecule has 0 amide bonds. The van der Waals surface area contributed by atoms with E-state index in [9.17, 15) is 0 Å². The second-order valence-corrected chi connectivity index (χ2v) is 5.18. The van der Waals surface area contributed by atoms with Crippen LogP contribution < -0.4 is 5.73 Å². The molecule has 1 aromatic carbocycles. The molecule has 0 saturated heterocycles. The van der Waals surface area contributed by atoms with Gasteiger partial charge >= 0.3 is 0 Å². The SMILES string of the molecule is Cc1cc(C)c(-n2c(C)cc(CN)c2C)c(C)c1. The van der Waals surface area contributed by atoms with E-state index >= 15 is 0 Å². The van der Waals surface area contributed by atoms with E-state index in [1.165, 1.54) is 39.3 Å². The van der Waals surface area contributed by atoms with Crippen molar-refractivity contribution in [3.63, 3.8) is 0 Å². The molecule has 0 aliphatic carbocycles. The molecule has 0 unspecified atom stereocenters. The molecule has 0 atom stereocenters. The maximum Gasteiger partial charge on any atom is 0.0513 e. The molecule has 0 spiro atoms. The van der Waals surface area contributed by atoms with Crippen LogP contribution in [0.4, 0.5) is 0 Å². The van der Waals surface area contributed by atoms with Crippen LogP contribution in [0.1, 0.15) is 33.6 Å². The first-order valence-electron chi connectivity index (χ1n) is 6.41. The molecule has 0 bridgehead atoms. The van der Waals surface area contributed by atoms with Crippen molar-refractivity contribution in [2.24, 2.45) is 5.73 Å². The predicted octanol–water partition coefficient (Wildman–Crippen LogP) is 3.48. The minimum atomic E-state index is 0.601. The summed E-state index contributed by atoms with van der Waals surface area (Å²) in [5.41, 5.74) is 14.8. The summed E-state index contributed by atoms with van der Waals surface area (Å²) >= 11 is 0. The van der Waals surface area contributed by atoms with Crippen molar-refractivity contribution in [3.8, 4) is 5.69 Å². The third-order valence-electron chi connectivity index (χ3n) is 3.61. The molecule has 0 aliphatic rings. The van der Waals surface area contributed by atoms with Gasteiger partial charge in [-0.2, -0.15) is 0 Å². The summed E-state index contributed by atoms with van der Waals surface area (Å²) in [6.45, 7) is 11.4. The molecule has 2 nitrogen and oxygen atoms in total. The smallest absolute Gasteiger partial charge is 0.0513 e. The number of hydrogen-bond acceptors (Lipinski definition) is 1. The van der Waals surface area contributed by atoms with Gasteiger partial charge in [-0.25, -0.2) is 0 Å². The summed E-state index contributed by atoms with van der Waals surface area (Å²) in [6.07, 6.45) is 0. The molecule has 2 rings (SSSR count). The molecule has 2 aromatic rings. The minimum Gasteiger partial charge on any atom is -0.326 e. The molecule has 0 radical (unpaired) electrons. The molecule has 0 fully saturated rings. The van der Waals surface area contributed by atoms with Crippen LogP contribution in [-0.2, 0) is 6.54 Å². The summed E-state index contributed by atoms with van der Waals surface area (Å²) in [6, 6.07) is 6.67. The zero-order valence-corrected chi connectivity index (χ0v) is 12.0. The molecule has 2 heteroatoms. The first-order chi connectivity index (χ1) is 8.45. The number of rotatable bonds is 2. The Labute approximate surface area is 109 Å². The highest BCUT2D eigenvalue weighted by molar-refractivity contribution is 5.52. The molecule has 1 aromatic heterocycles. The van der Waals surface area contributed by atoms with Crippen molar-refractivity contribution in [3.05, 3.63) is 51.8 Å². The second-order valence-electron chi connectivity index (χ2n) is 5.18. The standard InChI is InChI=1S/C16H22N2/c1-10-6-11(2)16(12(3)7-10)18-13(4)8-15(9-17)14(18)5/h6-8H,9,17H2,1-5H3. The first-order valence-corrected chi connectivity index (χ1v) is 6.41. The number of aryl methyl sites for hydroxylation is 4. The molecule has 1 heterocycles. The second kappa shape index (κ2) is 4.62. The highest BCUT2D eigenvalue weighted by atomic mass is 15.0. The number of aromatic nitrogens is 1. The van der Waals surface area contributed by atoms with Crippen molar-refractivity contribution in [1.82, 2.24) is 4.57 Å². The molecule has 2 N–H and O–H groups in total. The maximum atomic E-state index is 5.80. The zero-order chi connectivity index (χ0) is 13.4. The minimum absolute atomic E-state index is 0.601. The van der Waals surface area contributed by atoms with Crippen LogP contribution in [0.25, 0.3) is 5.69 Å². The van der Waals surface area contributed by atoms with E-state index in [1.54, 1.807) is 0 Å². The third-order valence-corrected chi connectivity index (χ3v) is 3.61. The van der Waals surface area contributed by atoms with E-state index < -0.39 is 0 Å². The average molecular weight is 242 g/mol. The quantitative estimate of drug-likeness (QED) is 0.858. The van der Waals surface area contributed by atoms with Gasteiger partial charge in [-0.05, 0) is 57.4 Å². The predicted molar refractivity (Wildman–Crippen MR) is 77.3 cm³/mol. The largest absolute Gasteiger partial charge is 0.326 e. The number of nitrogens with two attached hydrogens (primary N) is 1. The first kappa shape index (κ1) is 12.9. The fourth-order valence-corrected chi connectivity index (χ4v) is 2.91. The van der Waals surface area contributed by atoms with Crippen LogP contribution in [0.5, 0.6) is 0 Å². The van der Waals surface area contributed by atoms with Gasteiger partial charge in [0.05, 0.1) is 5.69 Å². The Morgan fingerprint density at radius 3 is 1.94 bits per heavy atom. The fraction of sp³-hybridized carbons (Fsp3) is 0.375. The highest BCUT2D eigenvalue weighted by Gasteiger charge is 2.13. The summed E-state index contributed by atoms with van der Waals surface area (Å²) in [5.74, 6) is 0. The number of hydrogen-bond donors (Lipinski definition) is 1. The van der Waals surface area contributed by atoms with Crippen molar-refractivity contribution < 1.29 is 0 Å². The maximum absolute atomic E-state index is 5.80. The van der Waals surface area contributed by atoms with E-state index in [4.69, 9.17) is 5.73 Å². The summed E-state index contributed by atoms with van der Waals surface area (Å²) in [7, 11) is 0. The molecule has 18 heavy (non-hydrogen) atoms. The third kappa shape index (κ3) is 1.97. The monoisotopic (exact) mass is 242 g/mol. The van der Waals surface area contributed by atoms with E-state index in [0.29, 0.717) is 6.54 Å². The van der Waals surface area contributed by atoms with Gasteiger partial charge in [0.15, 0.2) is 0 Å². The lowest BCUT2D eigenvalue weighted by Crippen LogP contribution is -2.06. The van der Waals surface area contributed by atoms with Crippen molar-refractivity contribution in [2.45, 2.75) is 41.2 Å². The number of benzene rings is 1. The van der Waals surface area contributed by atoms with Crippen LogP contribution in [0.3, 0.4) is 0 Å². The molecular weight excluding hydrogens is 220 g/mol. The lowest BCUT2D eigenvalue weighted by Gasteiger charge is -2.17. The Morgan fingerprint density at radius 2 is 1.50 bits per heavy atom. The normalized spacial score (nSPS) is 11.0. The molecule has 96 valence electrons. The Morgan fingerprint density at radius 1 is 0.944 bits per heavy atom. The Hall–Kier alpha value is -1.54. The Kier molecular flexibility index (Phi) is 3.31. The van der Waals surface area contributed by atoms with Crippen LogP contribution in [-0.4, -0.2) is 4.57 Å². The van der Waals surface area contributed by atoms with E-state index in [-0.39, 0.29) is 0 Å². The summed E-state index contributed by atoms with van der Waals surface area (Å²) in [5, 5.41) is 0. The van der Waals surface area contributed by atoms with Gasteiger partial charge in [-0.15, -0.1) is 0 Å². The topological polar surface area (TPSA) is 30.9 Å². The van der Waals surface area contributed by atoms with Crippen molar-refractivity contribution in [2.75, 3.05) is 0 Å². The zero-order valence-electron chi connectivity index (χ0n) is 12.0. The van der Waals surface area contributed by atoms with Crippen LogP contribution in [0.2, 0.25) is 0 Å². The molecule has 0 aliphatic heterocycles. The van der Waals surface area contributed by atoms with Crippen molar-refractivity contribution >= 4 is 0 Å². The Bertz CT molecular complexity index is 568. The van der Waals surface area contributed by atoms with Gasteiger partial charge in [-0.1, -0.05) is 17.7 Å². The van der Waals surface area contributed by atoms with E-state index in [2.05, 4.69) is 57.4 Å². The van der Waals surface area contributed by atoms with E-state index in [1.807, 2.05) is 0 Å². The lowest BCUT2D eigenvalue weighted by molar-refractivity contribution is 0.924. The van der Waals surface area contributed by atoms with Gasteiger partial charge in [0, 0.05) is 17.9 Å². The number of nitrogens with zero attached hydrogens (tertiary/aromatic N) is 1. The van der Waals surface area contributed by atoms with Crippen LogP contribution in [0.15, 0.2) is 18.2 Å². The van der Waals surface area contributed by atoms with E-state index in [0.717, 1.165) is 0 Å². The van der Waals surface area contributed by atoms with Gasteiger partial charge in [0.25, 0.3) is 0 Å². The average Bonchev–Trinajstić information content (AvgIpc) is 2.55. The fourth-order valence-electron chi connectivity index (χ4n) is 2.91. The van der Waals surface area contributed by atoms with Gasteiger partial charge in [-0.3, -0.25) is 0 Å². The van der Waals surface area contributed by atoms with Gasteiger partial charge in [0.2, 0.25) is 0 Å². The van der Waals surface area contributed by atoms with Crippen LogP contribution in [0, 0.1) is 34.6 Å².